The Balaban J connectivity index is 1.40. The predicted molar refractivity (Wildman–Crippen MR) is 132 cm³/mol. The largest absolute Gasteiger partial charge is 0.323 e. The first-order chi connectivity index (χ1) is 16.5. The highest BCUT2D eigenvalue weighted by Gasteiger charge is 2.19. The summed E-state index contributed by atoms with van der Waals surface area (Å²) in [6.45, 7) is 0.366. The SMILES string of the molecule is Cn1ncc2c(Cn3ncc4c5sc(Cc6cccc(C#N)c6)nc5n(C)c4c3=O)cccc21. The lowest BCUT2D eigenvalue weighted by atomic mass is 10.1. The van der Waals surface area contributed by atoms with Crippen molar-refractivity contribution in [1.29, 1.82) is 5.26 Å². The van der Waals surface area contributed by atoms with Crippen molar-refractivity contribution in [3.05, 3.63) is 86.9 Å². The van der Waals surface area contributed by atoms with Crippen LogP contribution >= 0.6 is 11.3 Å². The van der Waals surface area contributed by atoms with Crippen LogP contribution in [0, 0.1) is 11.3 Å². The Morgan fingerprint density at radius 3 is 2.74 bits per heavy atom. The molecule has 166 valence electrons. The molecule has 8 nitrogen and oxygen atoms in total. The lowest BCUT2D eigenvalue weighted by Gasteiger charge is -2.07. The van der Waals surface area contributed by atoms with E-state index in [1.54, 1.807) is 23.6 Å². The van der Waals surface area contributed by atoms with E-state index in [0.29, 0.717) is 24.0 Å². The molecule has 0 spiro atoms. The zero-order valence-corrected chi connectivity index (χ0v) is 19.4. The highest BCUT2D eigenvalue weighted by atomic mass is 32.1. The maximum Gasteiger partial charge on any atom is 0.291 e. The third-order valence-electron chi connectivity index (χ3n) is 6.18. The van der Waals surface area contributed by atoms with Crippen LogP contribution in [0.15, 0.2) is 59.7 Å². The summed E-state index contributed by atoms with van der Waals surface area (Å²) in [6.07, 6.45) is 4.22. The minimum absolute atomic E-state index is 0.144. The van der Waals surface area contributed by atoms with Crippen LogP contribution in [-0.2, 0) is 27.1 Å². The molecule has 34 heavy (non-hydrogen) atoms. The van der Waals surface area contributed by atoms with Crippen molar-refractivity contribution in [2.75, 3.05) is 0 Å². The highest BCUT2D eigenvalue weighted by molar-refractivity contribution is 7.19. The summed E-state index contributed by atoms with van der Waals surface area (Å²) < 4.78 is 6.14. The Hall–Kier alpha value is -4.29. The zero-order chi connectivity index (χ0) is 23.4. The fourth-order valence-corrected chi connectivity index (χ4v) is 5.62. The van der Waals surface area contributed by atoms with E-state index in [9.17, 15) is 4.79 Å². The van der Waals surface area contributed by atoms with Gasteiger partial charge in [-0.25, -0.2) is 9.67 Å². The molecule has 0 fully saturated rings. The van der Waals surface area contributed by atoms with E-state index in [0.717, 1.165) is 42.8 Å². The van der Waals surface area contributed by atoms with Gasteiger partial charge in [0.2, 0.25) is 0 Å². The van der Waals surface area contributed by atoms with Crippen LogP contribution in [-0.4, -0.2) is 29.1 Å². The van der Waals surface area contributed by atoms with Crippen molar-refractivity contribution < 1.29 is 0 Å². The second-order valence-corrected chi connectivity index (χ2v) is 9.38. The number of benzene rings is 2. The molecule has 0 saturated heterocycles. The molecule has 0 atom stereocenters. The summed E-state index contributed by atoms with van der Waals surface area (Å²) >= 11 is 1.57. The third-order valence-corrected chi connectivity index (χ3v) is 7.26. The molecule has 0 aliphatic rings. The van der Waals surface area contributed by atoms with Crippen LogP contribution in [0.25, 0.3) is 32.2 Å². The van der Waals surface area contributed by atoms with Crippen LogP contribution in [0.5, 0.6) is 0 Å². The average Bonchev–Trinajstić information content (AvgIpc) is 3.50. The number of aromatic nitrogens is 6. The third kappa shape index (κ3) is 3.11. The van der Waals surface area contributed by atoms with Gasteiger partial charge in [-0.3, -0.25) is 9.48 Å². The van der Waals surface area contributed by atoms with E-state index in [1.807, 2.05) is 65.9 Å². The smallest absolute Gasteiger partial charge is 0.291 e. The number of hydrogen-bond donors (Lipinski definition) is 0. The summed E-state index contributed by atoms with van der Waals surface area (Å²) in [5.41, 5.74) is 4.91. The van der Waals surface area contributed by atoms with Gasteiger partial charge in [0.1, 0.15) is 10.5 Å². The Morgan fingerprint density at radius 2 is 1.88 bits per heavy atom. The summed E-state index contributed by atoms with van der Waals surface area (Å²) in [7, 11) is 3.78. The van der Waals surface area contributed by atoms with Crippen molar-refractivity contribution in [2.24, 2.45) is 14.1 Å². The first kappa shape index (κ1) is 20.3. The molecule has 0 saturated carbocycles. The van der Waals surface area contributed by atoms with Crippen LogP contribution in [0.2, 0.25) is 0 Å². The van der Waals surface area contributed by atoms with E-state index in [2.05, 4.69) is 16.3 Å². The molecular formula is C25H19N7OS. The maximum absolute atomic E-state index is 13.4. The minimum Gasteiger partial charge on any atom is -0.323 e. The molecule has 0 radical (unpaired) electrons. The summed E-state index contributed by atoms with van der Waals surface area (Å²) in [5, 5.41) is 20.7. The molecule has 9 heteroatoms. The van der Waals surface area contributed by atoms with Crippen molar-refractivity contribution in [3.8, 4) is 6.07 Å². The summed E-state index contributed by atoms with van der Waals surface area (Å²) in [5.74, 6) is 0. The predicted octanol–water partition coefficient (Wildman–Crippen LogP) is 3.74. The molecule has 0 aliphatic heterocycles. The average molecular weight is 466 g/mol. The van der Waals surface area contributed by atoms with Crippen LogP contribution in [0.1, 0.15) is 21.7 Å². The van der Waals surface area contributed by atoms with E-state index < -0.39 is 0 Å². The van der Waals surface area contributed by atoms with E-state index in [4.69, 9.17) is 10.2 Å². The minimum atomic E-state index is -0.144. The molecule has 0 amide bonds. The van der Waals surface area contributed by atoms with Crippen molar-refractivity contribution in [1.82, 2.24) is 29.1 Å². The normalized spacial score (nSPS) is 11.6. The second kappa shape index (κ2) is 7.64. The standard InChI is InChI=1S/C25H19N7OS/c1-30-22-19(23-24(30)29-21(34-23)10-15-5-3-6-16(9-15)11-26)13-28-32(25(22)33)14-17-7-4-8-20-18(17)12-27-31(20)2/h3-9,12-13H,10,14H2,1-2H3. The van der Waals surface area contributed by atoms with E-state index in [1.165, 1.54) is 4.68 Å². The molecule has 0 aliphatic carbocycles. The van der Waals surface area contributed by atoms with Gasteiger partial charge in [-0.1, -0.05) is 24.3 Å². The molecule has 6 aromatic rings. The number of aryl methyl sites for hydroxylation is 2. The molecule has 0 unspecified atom stereocenters. The molecular weight excluding hydrogens is 446 g/mol. The molecule has 2 aromatic carbocycles. The van der Waals surface area contributed by atoms with Gasteiger partial charge in [-0.05, 0) is 29.3 Å². The van der Waals surface area contributed by atoms with Crippen LogP contribution in [0.3, 0.4) is 0 Å². The maximum atomic E-state index is 13.4. The number of hydrogen-bond acceptors (Lipinski definition) is 6. The van der Waals surface area contributed by atoms with Gasteiger partial charge in [-0.2, -0.15) is 15.5 Å². The molecule has 4 aromatic heterocycles. The number of fused-ring (bicyclic) bond motifs is 4. The Morgan fingerprint density at radius 1 is 1.06 bits per heavy atom. The fraction of sp³-hybridized carbons (Fsp3) is 0.160. The second-order valence-electron chi connectivity index (χ2n) is 8.30. The number of nitrogens with zero attached hydrogens (tertiary/aromatic N) is 7. The van der Waals surface area contributed by atoms with Gasteiger partial charge in [-0.15, -0.1) is 11.3 Å². The van der Waals surface area contributed by atoms with Gasteiger partial charge < -0.3 is 4.57 Å². The van der Waals surface area contributed by atoms with E-state index >= 15 is 0 Å². The number of nitriles is 1. The first-order valence-corrected chi connectivity index (χ1v) is 11.6. The molecule has 4 heterocycles. The molecule has 0 N–H and O–H groups in total. The molecule has 6 rings (SSSR count). The van der Waals surface area contributed by atoms with Crippen molar-refractivity contribution in [2.45, 2.75) is 13.0 Å². The zero-order valence-electron chi connectivity index (χ0n) is 18.6. The van der Waals surface area contributed by atoms with Crippen LogP contribution < -0.4 is 5.56 Å². The summed E-state index contributed by atoms with van der Waals surface area (Å²) in [6, 6.07) is 15.7. The highest BCUT2D eigenvalue weighted by Crippen LogP contribution is 2.32. The van der Waals surface area contributed by atoms with Crippen molar-refractivity contribution in [3.63, 3.8) is 0 Å². The monoisotopic (exact) mass is 465 g/mol. The summed E-state index contributed by atoms with van der Waals surface area (Å²) in [4.78, 5) is 18.2. The lowest BCUT2D eigenvalue weighted by Crippen LogP contribution is -2.24. The molecule has 0 bridgehead atoms. The van der Waals surface area contributed by atoms with E-state index in [-0.39, 0.29) is 5.56 Å². The Kier molecular flexibility index (Phi) is 4.57. The number of thiazole rings is 1. The lowest BCUT2D eigenvalue weighted by molar-refractivity contribution is 0.647. The van der Waals surface area contributed by atoms with Gasteiger partial charge in [0.15, 0.2) is 5.65 Å². The fourth-order valence-electron chi connectivity index (χ4n) is 4.48. The quantitative estimate of drug-likeness (QED) is 0.395. The van der Waals surface area contributed by atoms with Gasteiger partial charge in [0, 0.05) is 31.3 Å². The Labute approximate surface area is 197 Å². The van der Waals surface area contributed by atoms with Crippen LogP contribution in [0.4, 0.5) is 0 Å². The first-order valence-electron chi connectivity index (χ1n) is 10.8. The van der Waals surface area contributed by atoms with Gasteiger partial charge in [0.25, 0.3) is 5.56 Å². The Bertz CT molecular complexity index is 1830. The van der Waals surface area contributed by atoms with Gasteiger partial charge >= 0.3 is 0 Å². The topological polar surface area (TPSA) is 94.3 Å². The van der Waals surface area contributed by atoms with Gasteiger partial charge in [0.05, 0.1) is 40.8 Å². The van der Waals surface area contributed by atoms with Crippen molar-refractivity contribution >= 4 is 43.5 Å². The number of rotatable bonds is 4.